The largest absolute Gasteiger partial charge is 0.487 e. The van der Waals surface area contributed by atoms with Crippen LogP contribution in [-0.4, -0.2) is 12.2 Å². The Labute approximate surface area is 129 Å². The monoisotopic (exact) mass is 288 g/mol. The molecular formula is C19H28O2. The molecular weight excluding hydrogens is 260 g/mol. The molecule has 0 N–H and O–H groups in total. The van der Waals surface area contributed by atoms with Crippen LogP contribution < -0.4 is 9.47 Å². The van der Waals surface area contributed by atoms with Crippen molar-refractivity contribution in [2.24, 2.45) is 0 Å². The smallest absolute Gasteiger partial charge is 0.162 e. The van der Waals surface area contributed by atoms with E-state index in [-0.39, 0.29) is 12.2 Å². The highest BCUT2D eigenvalue weighted by molar-refractivity contribution is 5.68. The van der Waals surface area contributed by atoms with E-state index in [1.165, 1.54) is 43.2 Å². The Bertz CT molecular complexity index is 486. The molecule has 0 radical (unpaired) electrons. The summed E-state index contributed by atoms with van der Waals surface area (Å²) >= 11 is 0. The molecule has 0 amide bonds. The minimum absolute atomic E-state index is 0.151. The van der Waals surface area contributed by atoms with E-state index in [1.54, 1.807) is 0 Å². The summed E-state index contributed by atoms with van der Waals surface area (Å²) in [6.45, 7) is 8.19. The van der Waals surface area contributed by atoms with Gasteiger partial charge in [-0.3, -0.25) is 0 Å². The first-order chi connectivity index (χ1) is 10.1. The van der Waals surface area contributed by atoms with Gasteiger partial charge in [0.15, 0.2) is 11.5 Å². The molecule has 116 valence electrons. The Morgan fingerprint density at radius 2 is 1.57 bits per heavy atom. The standard InChI is InChI=1S/C19H28O2/c1-14(2)20-18-12-11-17(13-19(18)21-15(3)4)16-9-7-5-6-8-10-16/h9,11-15H,5-8,10H2,1-4H3. The van der Waals surface area contributed by atoms with Crippen LogP contribution in [-0.2, 0) is 0 Å². The Morgan fingerprint density at radius 3 is 2.29 bits per heavy atom. The maximum absolute atomic E-state index is 5.96. The van der Waals surface area contributed by atoms with Crippen molar-refractivity contribution in [3.63, 3.8) is 0 Å². The summed E-state index contributed by atoms with van der Waals surface area (Å²) in [5.41, 5.74) is 2.74. The summed E-state index contributed by atoms with van der Waals surface area (Å²) in [4.78, 5) is 0. The lowest BCUT2D eigenvalue weighted by Crippen LogP contribution is -2.11. The van der Waals surface area contributed by atoms with Crippen molar-refractivity contribution in [2.45, 2.75) is 72.0 Å². The van der Waals surface area contributed by atoms with Gasteiger partial charge in [0.2, 0.25) is 0 Å². The SMILES string of the molecule is CC(C)Oc1ccc(C2=CCCCCC2)cc1OC(C)C. The van der Waals surface area contributed by atoms with Crippen molar-refractivity contribution in [3.8, 4) is 11.5 Å². The summed E-state index contributed by atoms with van der Waals surface area (Å²) in [7, 11) is 0. The van der Waals surface area contributed by atoms with Gasteiger partial charge in [0, 0.05) is 0 Å². The minimum Gasteiger partial charge on any atom is -0.487 e. The number of benzene rings is 1. The minimum atomic E-state index is 0.151. The van der Waals surface area contributed by atoms with Gasteiger partial charge in [0.25, 0.3) is 0 Å². The van der Waals surface area contributed by atoms with Crippen LogP contribution in [0, 0.1) is 0 Å². The number of allylic oxidation sites excluding steroid dienone is 2. The van der Waals surface area contributed by atoms with Gasteiger partial charge in [0.1, 0.15) is 0 Å². The molecule has 2 heteroatoms. The summed E-state index contributed by atoms with van der Waals surface area (Å²) in [5, 5.41) is 0. The molecule has 0 fully saturated rings. The predicted octanol–water partition coefficient (Wildman–Crippen LogP) is 5.61. The Balaban J connectivity index is 2.28. The number of rotatable bonds is 5. The van der Waals surface area contributed by atoms with Gasteiger partial charge in [-0.05, 0) is 76.6 Å². The van der Waals surface area contributed by atoms with Gasteiger partial charge in [-0.15, -0.1) is 0 Å². The predicted molar refractivity (Wildman–Crippen MR) is 89.0 cm³/mol. The second kappa shape index (κ2) is 7.53. The maximum atomic E-state index is 5.96. The van der Waals surface area contributed by atoms with E-state index in [2.05, 4.69) is 38.1 Å². The topological polar surface area (TPSA) is 18.5 Å². The van der Waals surface area contributed by atoms with Gasteiger partial charge in [-0.1, -0.05) is 18.6 Å². The molecule has 0 spiro atoms. The first-order valence-corrected chi connectivity index (χ1v) is 8.23. The molecule has 2 rings (SSSR count). The highest BCUT2D eigenvalue weighted by atomic mass is 16.5. The number of hydrogen-bond donors (Lipinski definition) is 0. The van der Waals surface area contributed by atoms with Crippen LogP contribution in [0.25, 0.3) is 5.57 Å². The second-order valence-electron chi connectivity index (χ2n) is 6.32. The average molecular weight is 288 g/mol. The third-order valence-electron chi connectivity index (χ3n) is 3.58. The summed E-state index contributed by atoms with van der Waals surface area (Å²) in [5.74, 6) is 1.71. The fourth-order valence-electron chi connectivity index (χ4n) is 2.68. The van der Waals surface area contributed by atoms with Crippen molar-refractivity contribution >= 4 is 5.57 Å². The molecule has 1 aromatic rings. The van der Waals surface area contributed by atoms with Crippen molar-refractivity contribution in [3.05, 3.63) is 29.8 Å². The average Bonchev–Trinajstić information content (AvgIpc) is 2.68. The van der Waals surface area contributed by atoms with E-state index in [0.717, 1.165) is 11.5 Å². The zero-order chi connectivity index (χ0) is 15.2. The summed E-state index contributed by atoms with van der Waals surface area (Å²) in [6.07, 6.45) is 9.00. The molecule has 0 unspecified atom stereocenters. The molecule has 0 bridgehead atoms. The first-order valence-electron chi connectivity index (χ1n) is 8.23. The van der Waals surface area contributed by atoms with E-state index in [4.69, 9.17) is 9.47 Å². The Hall–Kier alpha value is -1.44. The molecule has 0 heterocycles. The number of ether oxygens (including phenoxy) is 2. The highest BCUT2D eigenvalue weighted by Gasteiger charge is 2.13. The van der Waals surface area contributed by atoms with Gasteiger partial charge in [0.05, 0.1) is 12.2 Å². The van der Waals surface area contributed by atoms with Gasteiger partial charge in [-0.25, -0.2) is 0 Å². The van der Waals surface area contributed by atoms with Crippen LogP contribution in [0.2, 0.25) is 0 Å². The van der Waals surface area contributed by atoms with Crippen LogP contribution in [0.4, 0.5) is 0 Å². The summed E-state index contributed by atoms with van der Waals surface area (Å²) in [6, 6.07) is 6.37. The molecule has 0 aliphatic heterocycles. The van der Waals surface area contributed by atoms with Crippen LogP contribution in [0.15, 0.2) is 24.3 Å². The molecule has 21 heavy (non-hydrogen) atoms. The lowest BCUT2D eigenvalue weighted by Gasteiger charge is -2.18. The molecule has 1 aromatic carbocycles. The van der Waals surface area contributed by atoms with Crippen molar-refractivity contribution in [1.82, 2.24) is 0 Å². The third-order valence-corrected chi connectivity index (χ3v) is 3.58. The zero-order valence-electron chi connectivity index (χ0n) is 13.8. The fraction of sp³-hybridized carbons (Fsp3) is 0.579. The van der Waals surface area contributed by atoms with Crippen molar-refractivity contribution < 1.29 is 9.47 Å². The third kappa shape index (κ3) is 4.80. The molecule has 1 aliphatic carbocycles. The van der Waals surface area contributed by atoms with E-state index in [0.29, 0.717) is 0 Å². The Morgan fingerprint density at radius 1 is 0.857 bits per heavy atom. The van der Waals surface area contributed by atoms with E-state index >= 15 is 0 Å². The molecule has 1 aliphatic rings. The molecule has 2 nitrogen and oxygen atoms in total. The maximum Gasteiger partial charge on any atom is 0.162 e. The van der Waals surface area contributed by atoms with Crippen LogP contribution in [0.5, 0.6) is 11.5 Å². The van der Waals surface area contributed by atoms with Crippen LogP contribution in [0.3, 0.4) is 0 Å². The number of hydrogen-bond acceptors (Lipinski definition) is 2. The molecule has 0 atom stereocenters. The molecule has 0 saturated carbocycles. The highest BCUT2D eigenvalue weighted by Crippen LogP contribution is 2.35. The van der Waals surface area contributed by atoms with Crippen molar-refractivity contribution in [1.29, 1.82) is 0 Å². The zero-order valence-corrected chi connectivity index (χ0v) is 13.8. The van der Waals surface area contributed by atoms with Gasteiger partial charge < -0.3 is 9.47 Å². The first kappa shape index (κ1) is 15.9. The lowest BCUT2D eigenvalue weighted by atomic mass is 10.0. The van der Waals surface area contributed by atoms with Crippen molar-refractivity contribution in [2.75, 3.05) is 0 Å². The lowest BCUT2D eigenvalue weighted by molar-refractivity contribution is 0.199. The quantitative estimate of drug-likeness (QED) is 0.701. The van der Waals surface area contributed by atoms with Gasteiger partial charge >= 0.3 is 0 Å². The second-order valence-corrected chi connectivity index (χ2v) is 6.32. The van der Waals surface area contributed by atoms with E-state index < -0.39 is 0 Å². The molecule has 0 aromatic heterocycles. The summed E-state index contributed by atoms with van der Waals surface area (Å²) < 4.78 is 11.8. The Kier molecular flexibility index (Phi) is 5.72. The molecule has 0 saturated heterocycles. The van der Waals surface area contributed by atoms with Gasteiger partial charge in [-0.2, -0.15) is 0 Å². The van der Waals surface area contributed by atoms with Crippen LogP contribution in [0.1, 0.15) is 65.4 Å². The van der Waals surface area contributed by atoms with E-state index in [1.807, 2.05) is 13.8 Å². The normalized spacial score (nSPS) is 15.8. The van der Waals surface area contributed by atoms with Crippen LogP contribution >= 0.6 is 0 Å². The van der Waals surface area contributed by atoms with E-state index in [9.17, 15) is 0 Å². The fourth-order valence-corrected chi connectivity index (χ4v) is 2.68.